The average Bonchev–Trinajstić information content (AvgIpc) is 3.25. The molecule has 0 radical (unpaired) electrons. The summed E-state index contributed by atoms with van der Waals surface area (Å²) in [5, 5.41) is 3.26. The normalized spacial score (nSPS) is 15.4. The van der Waals surface area contributed by atoms with Gasteiger partial charge in [-0.1, -0.05) is 18.2 Å². The van der Waals surface area contributed by atoms with Crippen molar-refractivity contribution in [3.8, 4) is 11.5 Å². The predicted octanol–water partition coefficient (Wildman–Crippen LogP) is 4.00. The van der Waals surface area contributed by atoms with E-state index in [9.17, 15) is 4.79 Å². The number of para-hydroxylation sites is 2. The summed E-state index contributed by atoms with van der Waals surface area (Å²) in [6.45, 7) is 8.25. The standard InChI is InChI=1S/C25H28N4O3/c1-7-12-28-20-11-9-8-10-19(20)27-24(28)21-22(30)25(2,3)29(23(21)26-4)16-13-17(31-5)15-18(14-16)32-6/h7-11,13-15,26H,1,12H2,2-6H3. The van der Waals surface area contributed by atoms with E-state index in [0.29, 0.717) is 35.3 Å². The number of benzene rings is 2. The largest absolute Gasteiger partial charge is 0.497 e. The van der Waals surface area contributed by atoms with Gasteiger partial charge in [0.1, 0.15) is 34.3 Å². The van der Waals surface area contributed by atoms with Gasteiger partial charge in [-0.2, -0.15) is 0 Å². The zero-order chi connectivity index (χ0) is 23.0. The monoisotopic (exact) mass is 432 g/mol. The molecule has 0 bridgehead atoms. The highest BCUT2D eigenvalue weighted by molar-refractivity contribution is 6.29. The fourth-order valence-corrected chi connectivity index (χ4v) is 4.30. The first kappa shape index (κ1) is 21.5. The maximum atomic E-state index is 13.8. The smallest absolute Gasteiger partial charge is 0.195 e. The van der Waals surface area contributed by atoms with Gasteiger partial charge in [0.05, 0.1) is 30.9 Å². The summed E-state index contributed by atoms with van der Waals surface area (Å²) in [6.07, 6.45) is 1.81. The van der Waals surface area contributed by atoms with Gasteiger partial charge in [-0.05, 0) is 26.0 Å². The van der Waals surface area contributed by atoms with Crippen LogP contribution in [0.2, 0.25) is 0 Å². The van der Waals surface area contributed by atoms with Gasteiger partial charge >= 0.3 is 0 Å². The Morgan fingerprint density at radius 1 is 1.12 bits per heavy atom. The van der Waals surface area contributed by atoms with Crippen LogP contribution in [0.15, 0.2) is 60.9 Å². The van der Waals surface area contributed by atoms with Crippen LogP contribution >= 0.6 is 0 Å². The van der Waals surface area contributed by atoms with E-state index in [2.05, 4.69) is 11.9 Å². The molecular formula is C25H28N4O3. The minimum Gasteiger partial charge on any atom is -0.497 e. The number of carbonyl (C=O) groups is 1. The third-order valence-electron chi connectivity index (χ3n) is 5.82. The van der Waals surface area contributed by atoms with Crippen LogP contribution in [0.3, 0.4) is 0 Å². The van der Waals surface area contributed by atoms with Crippen LogP contribution in [-0.4, -0.2) is 42.1 Å². The van der Waals surface area contributed by atoms with Gasteiger partial charge in [-0.3, -0.25) is 4.79 Å². The van der Waals surface area contributed by atoms with Crippen LogP contribution in [0.25, 0.3) is 16.6 Å². The van der Waals surface area contributed by atoms with Gasteiger partial charge in [0.25, 0.3) is 0 Å². The van der Waals surface area contributed by atoms with Crippen molar-refractivity contribution in [2.75, 3.05) is 26.2 Å². The van der Waals surface area contributed by atoms with Gasteiger partial charge in [-0.25, -0.2) is 4.98 Å². The number of ether oxygens (including phenoxy) is 2. The Balaban J connectivity index is 1.99. The number of Topliss-reactive ketones (excluding diaryl/α,β-unsaturated/α-hetero) is 1. The molecular weight excluding hydrogens is 404 g/mol. The summed E-state index contributed by atoms with van der Waals surface area (Å²) in [7, 11) is 5.03. The summed E-state index contributed by atoms with van der Waals surface area (Å²) < 4.78 is 13.0. The van der Waals surface area contributed by atoms with Crippen LogP contribution in [0.4, 0.5) is 5.69 Å². The van der Waals surface area contributed by atoms with E-state index >= 15 is 0 Å². The fourth-order valence-electron chi connectivity index (χ4n) is 4.30. The molecule has 0 fully saturated rings. The van der Waals surface area contributed by atoms with Crippen molar-refractivity contribution in [2.24, 2.45) is 0 Å². The summed E-state index contributed by atoms with van der Waals surface area (Å²) in [6, 6.07) is 13.5. The van der Waals surface area contributed by atoms with E-state index in [0.717, 1.165) is 16.7 Å². The predicted molar refractivity (Wildman–Crippen MR) is 127 cm³/mol. The molecule has 0 amide bonds. The van der Waals surface area contributed by atoms with Crippen molar-refractivity contribution in [1.82, 2.24) is 14.9 Å². The molecule has 4 rings (SSSR count). The van der Waals surface area contributed by atoms with Crippen molar-refractivity contribution in [3.63, 3.8) is 0 Å². The SMILES string of the molecule is C=CCn1c(C2=C(NC)N(c3cc(OC)cc(OC)c3)C(C)(C)C2=O)nc2ccccc21. The first-order valence-corrected chi connectivity index (χ1v) is 10.4. The van der Waals surface area contributed by atoms with Crippen molar-refractivity contribution in [2.45, 2.75) is 25.9 Å². The number of fused-ring (bicyclic) bond motifs is 1. The molecule has 0 aliphatic carbocycles. The van der Waals surface area contributed by atoms with E-state index in [-0.39, 0.29) is 5.78 Å². The van der Waals surface area contributed by atoms with Crippen molar-refractivity contribution < 1.29 is 14.3 Å². The van der Waals surface area contributed by atoms with Crippen LogP contribution in [0.1, 0.15) is 19.7 Å². The lowest BCUT2D eigenvalue weighted by Crippen LogP contribution is -2.46. The Morgan fingerprint density at radius 3 is 2.38 bits per heavy atom. The highest BCUT2D eigenvalue weighted by Crippen LogP contribution is 2.43. The number of imidazole rings is 1. The quantitative estimate of drug-likeness (QED) is 0.570. The van der Waals surface area contributed by atoms with Gasteiger partial charge in [0.2, 0.25) is 0 Å². The number of allylic oxidation sites excluding steroid dienone is 1. The molecule has 7 heteroatoms. The molecule has 0 saturated carbocycles. The van der Waals surface area contributed by atoms with Crippen molar-refractivity contribution in [1.29, 1.82) is 0 Å². The Morgan fingerprint density at radius 2 is 1.78 bits per heavy atom. The number of nitrogens with zero attached hydrogens (tertiary/aromatic N) is 3. The summed E-state index contributed by atoms with van der Waals surface area (Å²) >= 11 is 0. The maximum absolute atomic E-state index is 13.8. The van der Waals surface area contributed by atoms with Crippen LogP contribution in [0, 0.1) is 0 Å². The number of anilines is 1. The number of rotatable bonds is 7. The number of ketones is 1. The second-order valence-electron chi connectivity index (χ2n) is 8.09. The molecule has 0 unspecified atom stereocenters. The van der Waals surface area contributed by atoms with E-state index in [1.54, 1.807) is 14.2 Å². The fraction of sp³-hybridized carbons (Fsp3) is 0.280. The van der Waals surface area contributed by atoms with E-state index in [1.807, 2.05) is 78.9 Å². The van der Waals surface area contributed by atoms with E-state index in [4.69, 9.17) is 14.5 Å². The molecule has 2 heterocycles. The number of nitrogens with one attached hydrogen (secondary N) is 1. The first-order valence-electron chi connectivity index (χ1n) is 10.4. The zero-order valence-corrected chi connectivity index (χ0v) is 19.1. The van der Waals surface area contributed by atoms with Gasteiger partial charge in [0, 0.05) is 31.8 Å². The molecule has 1 aliphatic heterocycles. The highest BCUT2D eigenvalue weighted by Gasteiger charge is 2.48. The van der Waals surface area contributed by atoms with Gasteiger partial charge in [0.15, 0.2) is 5.78 Å². The second-order valence-corrected chi connectivity index (χ2v) is 8.09. The number of hydrogen-bond donors (Lipinski definition) is 1. The summed E-state index contributed by atoms with van der Waals surface area (Å²) in [4.78, 5) is 20.7. The lowest BCUT2D eigenvalue weighted by Gasteiger charge is -2.34. The minimum absolute atomic E-state index is 0.0238. The number of methoxy groups -OCH3 is 2. The molecule has 2 aromatic carbocycles. The number of hydrogen-bond acceptors (Lipinski definition) is 6. The zero-order valence-electron chi connectivity index (χ0n) is 19.1. The molecule has 1 aliphatic rings. The minimum atomic E-state index is -0.859. The average molecular weight is 433 g/mol. The molecule has 3 aromatic rings. The molecule has 7 nitrogen and oxygen atoms in total. The van der Waals surface area contributed by atoms with E-state index in [1.165, 1.54) is 0 Å². The third kappa shape index (κ3) is 3.21. The molecule has 1 N–H and O–H groups in total. The molecule has 32 heavy (non-hydrogen) atoms. The van der Waals surface area contributed by atoms with Crippen LogP contribution in [-0.2, 0) is 11.3 Å². The Labute approximate surface area is 188 Å². The number of carbonyl (C=O) groups excluding carboxylic acids is 1. The van der Waals surface area contributed by atoms with E-state index < -0.39 is 5.54 Å². The second kappa shape index (κ2) is 8.07. The molecule has 1 aromatic heterocycles. The topological polar surface area (TPSA) is 68.6 Å². The van der Waals surface area contributed by atoms with Gasteiger partial charge in [-0.15, -0.1) is 6.58 Å². The third-order valence-corrected chi connectivity index (χ3v) is 5.82. The molecule has 0 saturated heterocycles. The molecule has 0 spiro atoms. The highest BCUT2D eigenvalue weighted by atomic mass is 16.5. The lowest BCUT2D eigenvalue weighted by molar-refractivity contribution is -0.116. The first-order chi connectivity index (χ1) is 15.4. The lowest BCUT2D eigenvalue weighted by atomic mass is 9.95. The molecule has 0 atom stereocenters. The van der Waals surface area contributed by atoms with Crippen molar-refractivity contribution >= 4 is 28.1 Å². The molecule has 166 valence electrons. The Hall–Kier alpha value is -3.74. The van der Waals surface area contributed by atoms with Gasteiger partial charge < -0.3 is 24.3 Å². The maximum Gasteiger partial charge on any atom is 0.195 e. The van der Waals surface area contributed by atoms with Crippen molar-refractivity contribution in [3.05, 3.63) is 66.8 Å². The Bertz CT molecular complexity index is 1220. The Kier molecular flexibility index (Phi) is 5.42. The summed E-state index contributed by atoms with van der Waals surface area (Å²) in [5.41, 5.74) is 2.25. The van der Waals surface area contributed by atoms with Crippen LogP contribution < -0.4 is 19.7 Å². The summed E-state index contributed by atoms with van der Waals surface area (Å²) in [5.74, 6) is 2.56. The number of aromatic nitrogens is 2. The van der Waals surface area contributed by atoms with Crippen LogP contribution in [0.5, 0.6) is 11.5 Å².